The van der Waals surface area contributed by atoms with Gasteiger partial charge < -0.3 is 19.3 Å². The summed E-state index contributed by atoms with van der Waals surface area (Å²) in [5.74, 6) is -1.89. The number of fused-ring (bicyclic) bond motifs is 1. The van der Waals surface area contributed by atoms with Gasteiger partial charge in [0.25, 0.3) is 5.91 Å². The van der Waals surface area contributed by atoms with E-state index in [1.807, 2.05) is 70.3 Å². The average Bonchev–Trinajstić information content (AvgIpc) is 3.56. The molecule has 0 aliphatic carbocycles. The van der Waals surface area contributed by atoms with E-state index in [9.17, 15) is 18.0 Å². The van der Waals surface area contributed by atoms with Crippen LogP contribution in [-0.2, 0) is 11.3 Å². The molecule has 2 aromatic carbocycles. The van der Waals surface area contributed by atoms with E-state index in [2.05, 4.69) is 4.90 Å². The molecule has 0 saturated carbocycles. The summed E-state index contributed by atoms with van der Waals surface area (Å²) < 4.78 is 39.7. The predicted molar refractivity (Wildman–Crippen MR) is 138 cm³/mol. The number of hydrogen-bond acceptors (Lipinski definition) is 4. The smallest absolute Gasteiger partial charge is 0.490 e. The van der Waals surface area contributed by atoms with Crippen molar-refractivity contribution in [2.24, 2.45) is 0 Å². The monoisotopic (exact) mass is 549 g/mol. The molecule has 1 fully saturated rings. The lowest BCUT2D eigenvalue weighted by atomic mass is 10.1. The van der Waals surface area contributed by atoms with Gasteiger partial charge in [0.05, 0.1) is 0 Å². The Labute approximate surface area is 223 Å². The number of hydrogen-bond donors (Lipinski definition) is 1. The molecule has 0 bridgehead atoms. The van der Waals surface area contributed by atoms with Crippen molar-refractivity contribution >= 4 is 29.2 Å². The summed E-state index contributed by atoms with van der Waals surface area (Å²) in [5, 5.41) is 7.83. The summed E-state index contributed by atoms with van der Waals surface area (Å²) >= 11 is 6.00. The van der Waals surface area contributed by atoms with Crippen LogP contribution in [0.2, 0.25) is 5.02 Å². The fourth-order valence-corrected chi connectivity index (χ4v) is 4.52. The summed E-state index contributed by atoms with van der Waals surface area (Å²) in [6, 6.07) is 17.5. The van der Waals surface area contributed by atoms with Crippen LogP contribution >= 0.6 is 11.6 Å². The second-order valence-corrected chi connectivity index (χ2v) is 9.40. The lowest BCUT2D eigenvalue weighted by Crippen LogP contribution is -2.39. The number of carbonyl (C=O) groups is 2. The van der Waals surface area contributed by atoms with Gasteiger partial charge in [-0.2, -0.15) is 13.2 Å². The van der Waals surface area contributed by atoms with Crippen LogP contribution in [0.5, 0.6) is 5.75 Å². The van der Waals surface area contributed by atoms with Crippen molar-refractivity contribution in [3.8, 4) is 16.9 Å². The van der Waals surface area contributed by atoms with Crippen LogP contribution in [0.15, 0.2) is 60.8 Å². The van der Waals surface area contributed by atoms with Gasteiger partial charge in [-0.3, -0.25) is 9.69 Å². The number of amides is 1. The van der Waals surface area contributed by atoms with Crippen molar-refractivity contribution in [2.45, 2.75) is 25.6 Å². The van der Waals surface area contributed by atoms with E-state index in [-0.39, 0.29) is 5.91 Å². The number of likely N-dealkylation sites (tertiary alicyclic amines) is 1. The van der Waals surface area contributed by atoms with Crippen LogP contribution in [0, 0.1) is 0 Å². The molecule has 2 aliphatic rings. The Morgan fingerprint density at radius 2 is 1.58 bits per heavy atom. The lowest BCUT2D eigenvalue weighted by Gasteiger charge is -2.28. The summed E-state index contributed by atoms with van der Waals surface area (Å²) in [6.45, 7) is 5.45. The molecule has 7 nitrogen and oxygen atoms in total. The number of rotatable bonds is 6. The van der Waals surface area contributed by atoms with E-state index in [0.29, 0.717) is 23.9 Å². The van der Waals surface area contributed by atoms with E-state index >= 15 is 0 Å². The maximum Gasteiger partial charge on any atom is 0.490 e. The highest BCUT2D eigenvalue weighted by Gasteiger charge is 2.38. The molecule has 38 heavy (non-hydrogen) atoms. The Hall–Kier alpha value is -3.50. The van der Waals surface area contributed by atoms with Crippen LogP contribution in [0.25, 0.3) is 11.1 Å². The Morgan fingerprint density at radius 1 is 0.947 bits per heavy atom. The van der Waals surface area contributed by atoms with Gasteiger partial charge in [-0.25, -0.2) is 4.79 Å². The van der Waals surface area contributed by atoms with Crippen LogP contribution in [-0.4, -0.2) is 65.4 Å². The Bertz CT molecular complexity index is 1250. The highest BCUT2D eigenvalue weighted by Crippen LogP contribution is 2.29. The Kier molecular flexibility index (Phi) is 8.63. The zero-order valence-electron chi connectivity index (χ0n) is 20.5. The topological polar surface area (TPSA) is 75.0 Å². The molecule has 0 spiro atoms. The second-order valence-electron chi connectivity index (χ2n) is 8.97. The number of benzene rings is 2. The molecule has 0 radical (unpaired) electrons. The number of carboxylic acids is 1. The van der Waals surface area contributed by atoms with Crippen molar-refractivity contribution in [3.05, 3.63) is 71.5 Å². The Balaban J connectivity index is 0.000000426. The van der Waals surface area contributed by atoms with Gasteiger partial charge in [-0.1, -0.05) is 23.7 Å². The van der Waals surface area contributed by atoms with Crippen LogP contribution in [0.1, 0.15) is 23.3 Å². The average molecular weight is 550 g/mol. The van der Waals surface area contributed by atoms with Gasteiger partial charge in [0.2, 0.25) is 0 Å². The molecule has 202 valence electrons. The first-order valence-electron chi connectivity index (χ1n) is 12.1. The minimum Gasteiger partial charge on any atom is -0.492 e. The van der Waals surface area contributed by atoms with Crippen molar-refractivity contribution in [1.82, 2.24) is 9.47 Å². The highest BCUT2D eigenvalue weighted by molar-refractivity contribution is 6.30. The quantitative estimate of drug-likeness (QED) is 0.435. The van der Waals surface area contributed by atoms with E-state index in [1.54, 1.807) is 0 Å². The highest BCUT2D eigenvalue weighted by atomic mass is 35.5. The first-order valence-corrected chi connectivity index (χ1v) is 12.5. The van der Waals surface area contributed by atoms with Gasteiger partial charge in [0, 0.05) is 42.1 Å². The van der Waals surface area contributed by atoms with Crippen molar-refractivity contribution < 1.29 is 32.6 Å². The fraction of sp³-hybridized carbons (Fsp3) is 0.333. The number of nitrogens with zero attached hydrogens (tertiary/aromatic N) is 3. The zero-order chi connectivity index (χ0) is 27.3. The van der Waals surface area contributed by atoms with Gasteiger partial charge in [0.1, 0.15) is 18.1 Å². The van der Waals surface area contributed by atoms with E-state index in [4.69, 9.17) is 26.2 Å². The molecule has 11 heteroatoms. The second kappa shape index (κ2) is 11.9. The van der Waals surface area contributed by atoms with Crippen molar-refractivity contribution in [1.29, 1.82) is 0 Å². The number of carboxylic acid groups (broad SMARTS) is 1. The number of aromatic nitrogens is 1. The maximum absolute atomic E-state index is 13.2. The third-order valence-electron chi connectivity index (χ3n) is 6.37. The standard InChI is InChI=1S/C25H26ClN3O2.C2HF3O2/c26-21-5-3-19(4-6-21)20-17-24-25(30)29(14-13-28(24)18-20)22-7-9-23(10-8-22)31-16-15-27-11-1-2-12-27;3-2(4,5)1(6)7/h3-10,17-18H,1-2,11-16H2;(H,6,7). The van der Waals surface area contributed by atoms with E-state index < -0.39 is 12.1 Å². The molecule has 3 heterocycles. The fourth-order valence-electron chi connectivity index (χ4n) is 4.39. The molecule has 1 amide bonds. The number of carbonyl (C=O) groups excluding carboxylic acids is 1. The van der Waals surface area contributed by atoms with Crippen LogP contribution in [0.4, 0.5) is 18.9 Å². The largest absolute Gasteiger partial charge is 0.492 e. The minimum atomic E-state index is -5.08. The minimum absolute atomic E-state index is 0.0224. The summed E-state index contributed by atoms with van der Waals surface area (Å²) in [7, 11) is 0. The number of halogens is 4. The first kappa shape index (κ1) is 27.5. The van der Waals surface area contributed by atoms with E-state index in [1.165, 1.54) is 25.9 Å². The summed E-state index contributed by atoms with van der Waals surface area (Å²) in [4.78, 5) is 26.3. The zero-order valence-corrected chi connectivity index (χ0v) is 21.2. The first-order chi connectivity index (χ1) is 18.1. The molecular weight excluding hydrogens is 523 g/mol. The molecule has 1 aromatic heterocycles. The molecule has 1 saturated heterocycles. The third kappa shape index (κ3) is 6.87. The SMILES string of the molecule is O=C(O)C(F)(F)F.O=C1c2cc(-c3ccc(Cl)cc3)cn2CCN1c1ccc(OCCN2CCCC2)cc1. The van der Waals surface area contributed by atoms with Gasteiger partial charge in [-0.05, 0) is 74.0 Å². The van der Waals surface area contributed by atoms with Crippen LogP contribution in [0.3, 0.4) is 0 Å². The summed E-state index contributed by atoms with van der Waals surface area (Å²) in [5.41, 5.74) is 3.70. The molecule has 0 unspecified atom stereocenters. The van der Waals surface area contributed by atoms with Crippen LogP contribution < -0.4 is 9.64 Å². The number of aliphatic carboxylic acids is 1. The summed E-state index contributed by atoms with van der Waals surface area (Å²) in [6.07, 6.45) is -0.447. The molecule has 3 aromatic rings. The maximum atomic E-state index is 13.2. The van der Waals surface area contributed by atoms with Gasteiger partial charge >= 0.3 is 12.1 Å². The number of ether oxygens (including phenoxy) is 1. The normalized spacial score (nSPS) is 15.6. The molecule has 0 atom stereocenters. The lowest BCUT2D eigenvalue weighted by molar-refractivity contribution is -0.192. The molecule has 2 aliphatic heterocycles. The van der Waals surface area contributed by atoms with Gasteiger partial charge in [0.15, 0.2) is 0 Å². The van der Waals surface area contributed by atoms with E-state index in [0.717, 1.165) is 35.7 Å². The van der Waals surface area contributed by atoms with Crippen molar-refractivity contribution in [3.63, 3.8) is 0 Å². The molecular formula is C27H27ClF3N3O4. The predicted octanol–water partition coefficient (Wildman–Crippen LogP) is 5.58. The molecule has 1 N–H and O–H groups in total. The number of alkyl halides is 3. The van der Waals surface area contributed by atoms with Gasteiger partial charge in [-0.15, -0.1) is 0 Å². The number of anilines is 1. The molecule has 5 rings (SSSR count). The Morgan fingerprint density at radius 3 is 2.18 bits per heavy atom. The third-order valence-corrected chi connectivity index (χ3v) is 6.62. The van der Waals surface area contributed by atoms with Crippen molar-refractivity contribution in [2.75, 3.05) is 37.7 Å².